The number of hydrogen-bond donors (Lipinski definition) is 3. The van der Waals surface area contributed by atoms with Gasteiger partial charge in [-0.05, 0) is 31.3 Å². The van der Waals surface area contributed by atoms with Crippen molar-refractivity contribution >= 4 is 38.9 Å². The Balaban J connectivity index is 2.01. The standard InChI is InChI=1S/C16H17ClN4O5S/c1-18-27(25,26)11-6-7-13(17)12(10-11)16(22)20-9-8-19-14-4-2-3-5-15(14)21(23)24/h2-7,10,18-19H,8-9H2,1H3,(H,20,22). The summed E-state index contributed by atoms with van der Waals surface area (Å²) in [6.45, 7) is 0.368. The molecule has 3 N–H and O–H groups in total. The molecular weight excluding hydrogens is 396 g/mol. The number of hydrogen-bond acceptors (Lipinski definition) is 6. The highest BCUT2D eigenvalue weighted by atomic mass is 35.5. The van der Waals surface area contributed by atoms with Crippen molar-refractivity contribution in [3.63, 3.8) is 0 Å². The van der Waals surface area contributed by atoms with Crippen LogP contribution in [-0.4, -0.2) is 39.4 Å². The number of nitrogens with zero attached hydrogens (tertiary/aromatic N) is 1. The summed E-state index contributed by atoms with van der Waals surface area (Å²) in [5.74, 6) is -0.558. The SMILES string of the molecule is CNS(=O)(=O)c1ccc(Cl)c(C(=O)NCCNc2ccccc2[N+](=O)[O-])c1. The van der Waals surface area contributed by atoms with Crippen LogP contribution in [0.1, 0.15) is 10.4 Å². The zero-order chi connectivity index (χ0) is 20.0. The Bertz CT molecular complexity index is 965. The highest BCUT2D eigenvalue weighted by Crippen LogP contribution is 2.23. The van der Waals surface area contributed by atoms with E-state index in [1.807, 2.05) is 0 Å². The number of para-hydroxylation sites is 2. The lowest BCUT2D eigenvalue weighted by Gasteiger charge is -2.10. The molecule has 0 aliphatic carbocycles. The molecular formula is C16H17ClN4O5S. The molecule has 0 radical (unpaired) electrons. The largest absolute Gasteiger partial charge is 0.378 e. The fraction of sp³-hybridized carbons (Fsp3) is 0.188. The number of amides is 1. The van der Waals surface area contributed by atoms with Crippen LogP contribution in [0.2, 0.25) is 5.02 Å². The minimum atomic E-state index is -3.71. The lowest BCUT2D eigenvalue weighted by Crippen LogP contribution is -2.29. The highest BCUT2D eigenvalue weighted by molar-refractivity contribution is 7.89. The first kappa shape index (κ1) is 20.6. The van der Waals surface area contributed by atoms with E-state index >= 15 is 0 Å². The molecule has 9 nitrogen and oxygen atoms in total. The van der Waals surface area contributed by atoms with Gasteiger partial charge >= 0.3 is 0 Å². The maximum atomic E-state index is 12.3. The van der Waals surface area contributed by atoms with Crippen LogP contribution >= 0.6 is 11.6 Å². The number of sulfonamides is 1. The van der Waals surface area contributed by atoms with Crippen LogP contribution < -0.4 is 15.4 Å². The van der Waals surface area contributed by atoms with Gasteiger partial charge in [0.1, 0.15) is 5.69 Å². The number of rotatable bonds is 8. The lowest BCUT2D eigenvalue weighted by atomic mass is 10.2. The Kier molecular flexibility index (Phi) is 6.72. The molecule has 144 valence electrons. The van der Waals surface area contributed by atoms with Crippen LogP contribution in [0.5, 0.6) is 0 Å². The van der Waals surface area contributed by atoms with Crippen molar-refractivity contribution in [3.8, 4) is 0 Å². The molecule has 0 bridgehead atoms. The summed E-state index contributed by atoms with van der Waals surface area (Å²) < 4.78 is 25.8. The maximum Gasteiger partial charge on any atom is 0.292 e. The Hall–Kier alpha value is -2.69. The van der Waals surface area contributed by atoms with Gasteiger partial charge in [-0.15, -0.1) is 0 Å². The molecule has 0 spiro atoms. The maximum absolute atomic E-state index is 12.3. The predicted molar refractivity (Wildman–Crippen MR) is 102 cm³/mol. The fourth-order valence-electron chi connectivity index (χ4n) is 2.21. The van der Waals surface area contributed by atoms with Crippen LogP contribution in [0.25, 0.3) is 0 Å². The van der Waals surface area contributed by atoms with Crippen LogP contribution in [0, 0.1) is 10.1 Å². The van der Waals surface area contributed by atoms with E-state index in [1.54, 1.807) is 18.2 Å². The molecule has 0 aliphatic heterocycles. The summed E-state index contributed by atoms with van der Waals surface area (Å²) in [5.41, 5.74) is 0.271. The third kappa shape index (κ3) is 5.16. The van der Waals surface area contributed by atoms with Crippen molar-refractivity contribution < 1.29 is 18.1 Å². The second-order valence-corrected chi connectivity index (χ2v) is 7.60. The first-order valence-corrected chi connectivity index (χ1v) is 9.61. The molecule has 0 atom stereocenters. The summed E-state index contributed by atoms with van der Waals surface area (Å²) in [6.07, 6.45) is 0. The summed E-state index contributed by atoms with van der Waals surface area (Å²) >= 11 is 5.98. The Labute approximate surface area is 160 Å². The third-order valence-corrected chi connectivity index (χ3v) is 5.33. The summed E-state index contributed by atoms with van der Waals surface area (Å²) in [4.78, 5) is 22.6. The second kappa shape index (κ2) is 8.80. The average Bonchev–Trinajstić information content (AvgIpc) is 2.65. The highest BCUT2D eigenvalue weighted by Gasteiger charge is 2.17. The van der Waals surface area contributed by atoms with Crippen molar-refractivity contribution in [2.24, 2.45) is 0 Å². The molecule has 2 aromatic rings. The molecule has 0 fully saturated rings. The quantitative estimate of drug-likeness (QED) is 0.345. The van der Waals surface area contributed by atoms with Crippen molar-refractivity contribution in [2.45, 2.75) is 4.90 Å². The van der Waals surface area contributed by atoms with Crippen molar-refractivity contribution in [3.05, 3.63) is 63.2 Å². The van der Waals surface area contributed by atoms with Gasteiger partial charge in [-0.1, -0.05) is 23.7 Å². The van der Waals surface area contributed by atoms with Gasteiger partial charge in [0.2, 0.25) is 10.0 Å². The Morgan fingerprint density at radius 3 is 2.56 bits per heavy atom. The number of anilines is 1. The van der Waals surface area contributed by atoms with E-state index in [1.165, 1.54) is 31.3 Å². The van der Waals surface area contributed by atoms with Crippen LogP contribution in [0.4, 0.5) is 11.4 Å². The zero-order valence-corrected chi connectivity index (χ0v) is 15.8. The molecule has 0 aromatic heterocycles. The monoisotopic (exact) mass is 412 g/mol. The minimum absolute atomic E-state index is 0.0127. The number of nitrogens with one attached hydrogen (secondary N) is 3. The number of benzene rings is 2. The summed E-state index contributed by atoms with van der Waals surface area (Å²) in [7, 11) is -2.45. The predicted octanol–water partition coefficient (Wildman–Crippen LogP) is 2.00. The molecule has 27 heavy (non-hydrogen) atoms. The average molecular weight is 413 g/mol. The van der Waals surface area contributed by atoms with Gasteiger partial charge in [0.05, 0.1) is 20.4 Å². The van der Waals surface area contributed by atoms with E-state index in [4.69, 9.17) is 11.6 Å². The number of carbonyl (C=O) groups is 1. The van der Waals surface area contributed by atoms with Crippen molar-refractivity contribution in [1.82, 2.24) is 10.0 Å². The smallest absolute Gasteiger partial charge is 0.292 e. The van der Waals surface area contributed by atoms with E-state index in [2.05, 4.69) is 15.4 Å². The number of carbonyl (C=O) groups excluding carboxylic acids is 1. The second-order valence-electron chi connectivity index (χ2n) is 5.31. The summed E-state index contributed by atoms with van der Waals surface area (Å²) in [5, 5.41) is 16.5. The number of nitro benzene ring substituents is 1. The molecule has 0 saturated carbocycles. The van der Waals surface area contributed by atoms with Gasteiger partial charge in [-0.25, -0.2) is 13.1 Å². The topological polar surface area (TPSA) is 130 Å². The molecule has 1 amide bonds. The fourth-order valence-corrected chi connectivity index (χ4v) is 3.17. The Morgan fingerprint density at radius 2 is 1.89 bits per heavy atom. The molecule has 11 heteroatoms. The zero-order valence-electron chi connectivity index (χ0n) is 14.2. The molecule has 2 rings (SSSR count). The van der Waals surface area contributed by atoms with E-state index < -0.39 is 20.9 Å². The van der Waals surface area contributed by atoms with Gasteiger partial charge in [-0.3, -0.25) is 14.9 Å². The summed E-state index contributed by atoms with van der Waals surface area (Å²) in [6, 6.07) is 9.93. The third-order valence-electron chi connectivity index (χ3n) is 3.59. The van der Waals surface area contributed by atoms with E-state index in [-0.39, 0.29) is 34.3 Å². The Morgan fingerprint density at radius 1 is 1.19 bits per heavy atom. The van der Waals surface area contributed by atoms with Gasteiger partial charge in [0.15, 0.2) is 0 Å². The van der Waals surface area contributed by atoms with Gasteiger partial charge in [0, 0.05) is 19.2 Å². The van der Waals surface area contributed by atoms with Crippen molar-refractivity contribution in [2.75, 3.05) is 25.5 Å². The van der Waals surface area contributed by atoms with Crippen molar-refractivity contribution in [1.29, 1.82) is 0 Å². The molecule has 2 aromatic carbocycles. The van der Waals surface area contributed by atoms with Gasteiger partial charge in [0.25, 0.3) is 11.6 Å². The minimum Gasteiger partial charge on any atom is -0.378 e. The molecule has 0 unspecified atom stereocenters. The number of nitro groups is 1. The van der Waals surface area contributed by atoms with Crippen LogP contribution in [0.15, 0.2) is 47.4 Å². The molecule has 0 aliphatic rings. The van der Waals surface area contributed by atoms with E-state index in [9.17, 15) is 23.3 Å². The first-order chi connectivity index (χ1) is 12.8. The van der Waals surface area contributed by atoms with Gasteiger partial charge in [-0.2, -0.15) is 0 Å². The lowest BCUT2D eigenvalue weighted by molar-refractivity contribution is -0.384. The number of halogens is 1. The normalized spacial score (nSPS) is 11.0. The molecule has 0 saturated heterocycles. The van der Waals surface area contributed by atoms with Crippen LogP contribution in [0.3, 0.4) is 0 Å². The van der Waals surface area contributed by atoms with E-state index in [0.717, 1.165) is 0 Å². The van der Waals surface area contributed by atoms with E-state index in [0.29, 0.717) is 5.69 Å². The van der Waals surface area contributed by atoms with Crippen LogP contribution in [-0.2, 0) is 10.0 Å². The molecule has 0 heterocycles. The van der Waals surface area contributed by atoms with Gasteiger partial charge < -0.3 is 10.6 Å². The first-order valence-electron chi connectivity index (χ1n) is 7.75.